The molecule has 0 heterocycles. The van der Waals surface area contributed by atoms with Crippen molar-refractivity contribution < 1.29 is 19.4 Å². The van der Waals surface area contributed by atoms with Gasteiger partial charge in [0.2, 0.25) is 6.04 Å². The molecule has 0 aliphatic rings. The third kappa shape index (κ3) is 1.83. The predicted molar refractivity (Wildman–Crippen MR) is 44.1 cm³/mol. The first-order chi connectivity index (χ1) is 6.90. The maximum absolute atomic E-state index is 11.3. The van der Waals surface area contributed by atoms with Crippen molar-refractivity contribution in [2.45, 2.75) is 6.04 Å². The molecule has 1 aromatic carbocycles. The van der Waals surface area contributed by atoms with E-state index in [1.54, 1.807) is 30.3 Å². The smallest absolute Gasteiger partial charge is 0.369 e. The Kier molecular flexibility index (Phi) is 1.72. The van der Waals surface area contributed by atoms with Crippen LogP contribution in [-0.4, -0.2) is 13.0 Å². The van der Waals surface area contributed by atoms with Crippen LogP contribution in [0.25, 0.3) is 0 Å². The van der Waals surface area contributed by atoms with E-state index < -0.39 is 19.0 Å². The van der Waals surface area contributed by atoms with Crippen LogP contribution < -0.4 is 5.73 Å². The highest BCUT2D eigenvalue weighted by Crippen LogP contribution is 2.08. The van der Waals surface area contributed by atoms with Gasteiger partial charge in [-0.3, -0.25) is 0 Å². The van der Waals surface area contributed by atoms with Gasteiger partial charge >= 0.3 is 5.97 Å². The Hall–Kier alpha value is -1.35. The van der Waals surface area contributed by atoms with Gasteiger partial charge in [0.25, 0.3) is 0 Å². The van der Waals surface area contributed by atoms with Gasteiger partial charge in [0.05, 0.1) is 11.2 Å². The predicted octanol–water partition coefficient (Wildman–Crippen LogP) is 0.143. The van der Waals surface area contributed by atoms with Gasteiger partial charge in [-0.1, -0.05) is 30.3 Å². The zero-order valence-electron chi connectivity index (χ0n) is 9.49. The molecule has 3 heteroatoms. The van der Waals surface area contributed by atoms with E-state index in [-0.39, 0.29) is 0 Å². The molecule has 0 radical (unpaired) electrons. The Morgan fingerprint density at radius 3 is 2.83 bits per heavy atom. The Morgan fingerprint density at radius 1 is 1.58 bits per heavy atom. The minimum Gasteiger partial charge on any atom is -0.464 e. The summed E-state index contributed by atoms with van der Waals surface area (Å²) in [6.07, 6.45) is 0. The summed E-state index contributed by atoms with van der Waals surface area (Å²) in [5, 5.41) is 0. The average Bonchev–Trinajstić information content (AvgIpc) is 2.15. The molecular weight excluding hydrogens is 154 g/mol. The van der Waals surface area contributed by atoms with Crippen molar-refractivity contribution in [3.05, 3.63) is 35.9 Å². The first-order valence-electron chi connectivity index (χ1n) is 5.01. The van der Waals surface area contributed by atoms with Crippen LogP contribution in [0.4, 0.5) is 0 Å². The summed E-state index contributed by atoms with van der Waals surface area (Å²) in [5.41, 5.74) is 4.20. The summed E-state index contributed by atoms with van der Waals surface area (Å²) in [4.78, 5) is 11.3. The minimum atomic E-state index is -2.71. The topological polar surface area (TPSA) is 53.9 Å². The second-order valence-electron chi connectivity index (χ2n) is 2.38. The van der Waals surface area contributed by atoms with E-state index in [9.17, 15) is 4.79 Å². The van der Waals surface area contributed by atoms with E-state index in [2.05, 4.69) is 10.5 Å². The van der Waals surface area contributed by atoms with Crippen LogP contribution in [0, 0.1) is 0 Å². The fourth-order valence-electron chi connectivity index (χ4n) is 0.893. The van der Waals surface area contributed by atoms with Crippen LogP contribution >= 0.6 is 0 Å². The summed E-state index contributed by atoms with van der Waals surface area (Å²) < 4.78 is 24.6. The summed E-state index contributed by atoms with van der Waals surface area (Å²) in [6.45, 7) is 0. The zero-order valence-corrected chi connectivity index (χ0v) is 6.49. The van der Waals surface area contributed by atoms with E-state index in [1.807, 2.05) is 0 Å². The molecule has 0 amide bonds. The molecule has 0 aliphatic heterocycles. The number of benzene rings is 1. The lowest BCUT2D eigenvalue weighted by Gasteiger charge is -2.04. The van der Waals surface area contributed by atoms with E-state index in [0.29, 0.717) is 5.56 Å². The molecule has 0 aromatic heterocycles. The molecule has 0 fully saturated rings. The molecule has 0 saturated carbocycles. The maximum atomic E-state index is 11.3. The molecule has 1 atom stereocenters. The molecule has 0 unspecified atom stereocenters. The summed E-state index contributed by atoms with van der Waals surface area (Å²) >= 11 is 0. The highest BCUT2D eigenvalue weighted by atomic mass is 16.5. The fourth-order valence-corrected chi connectivity index (χ4v) is 0.893. The number of hydrogen-bond acceptors (Lipinski definition) is 2. The van der Waals surface area contributed by atoms with Gasteiger partial charge in [-0.05, 0) is 0 Å². The first kappa shape index (κ1) is 5.32. The fraction of sp³-hybridized carbons (Fsp3) is 0.222. The number of hydrogen-bond donors (Lipinski definition) is 1. The number of esters is 1. The van der Waals surface area contributed by atoms with Crippen molar-refractivity contribution >= 4 is 5.97 Å². The van der Waals surface area contributed by atoms with Gasteiger partial charge < -0.3 is 10.5 Å². The minimum absolute atomic E-state index is 0.631. The SMILES string of the molecule is [2H]C([2H])([2H])OC(=O)[C@H]([NH3+])c1ccccc1. The van der Waals surface area contributed by atoms with Gasteiger partial charge in [0.15, 0.2) is 0 Å². The van der Waals surface area contributed by atoms with E-state index in [1.165, 1.54) is 0 Å². The van der Waals surface area contributed by atoms with Crippen LogP contribution in [0.2, 0.25) is 0 Å². The second kappa shape index (κ2) is 3.88. The highest BCUT2D eigenvalue weighted by Gasteiger charge is 2.18. The molecule has 64 valence electrons. The van der Waals surface area contributed by atoms with Gasteiger partial charge in [0.1, 0.15) is 0 Å². The molecule has 0 spiro atoms. The number of carbonyl (C=O) groups is 1. The van der Waals surface area contributed by atoms with Crippen LogP contribution in [-0.2, 0) is 9.53 Å². The van der Waals surface area contributed by atoms with E-state index >= 15 is 0 Å². The van der Waals surface area contributed by atoms with Gasteiger partial charge in [-0.2, -0.15) is 0 Å². The maximum Gasteiger partial charge on any atom is 0.369 e. The molecule has 1 rings (SSSR count). The van der Waals surface area contributed by atoms with Crippen LogP contribution in [0.1, 0.15) is 15.7 Å². The summed E-state index contributed by atoms with van der Waals surface area (Å²) in [7, 11) is -2.71. The normalized spacial score (nSPS) is 16.9. The van der Waals surface area contributed by atoms with Gasteiger partial charge in [0, 0.05) is 5.56 Å². The number of methoxy groups -OCH3 is 1. The van der Waals surface area contributed by atoms with Crippen molar-refractivity contribution in [3.8, 4) is 0 Å². The molecule has 3 N–H and O–H groups in total. The van der Waals surface area contributed by atoms with Gasteiger partial charge in [-0.15, -0.1) is 0 Å². The Bertz CT molecular complexity index is 337. The molecule has 0 bridgehead atoms. The monoisotopic (exact) mass is 169 g/mol. The van der Waals surface area contributed by atoms with Crippen LogP contribution in [0.15, 0.2) is 30.3 Å². The third-order valence-electron chi connectivity index (χ3n) is 1.59. The lowest BCUT2D eigenvalue weighted by Crippen LogP contribution is -2.57. The molecule has 0 saturated heterocycles. The van der Waals surface area contributed by atoms with E-state index in [0.717, 1.165) is 0 Å². The molecule has 12 heavy (non-hydrogen) atoms. The summed E-state index contributed by atoms with van der Waals surface area (Å²) in [5.74, 6) is -0.846. The molecule has 1 aromatic rings. The van der Waals surface area contributed by atoms with Crippen LogP contribution in [0.3, 0.4) is 0 Å². The van der Waals surface area contributed by atoms with E-state index in [4.69, 9.17) is 4.11 Å². The Morgan fingerprint density at radius 2 is 2.25 bits per heavy atom. The summed E-state index contributed by atoms with van der Waals surface area (Å²) in [6, 6.07) is 7.86. The lowest BCUT2D eigenvalue weighted by molar-refractivity contribution is -0.414. The van der Waals surface area contributed by atoms with Crippen molar-refractivity contribution in [1.82, 2.24) is 0 Å². The number of carbonyl (C=O) groups excluding carboxylic acids is 1. The molecule has 0 aliphatic carbocycles. The van der Waals surface area contributed by atoms with Crippen LogP contribution in [0.5, 0.6) is 0 Å². The second-order valence-corrected chi connectivity index (χ2v) is 2.38. The van der Waals surface area contributed by atoms with Crippen molar-refractivity contribution in [1.29, 1.82) is 0 Å². The highest BCUT2D eigenvalue weighted by molar-refractivity contribution is 5.75. The van der Waals surface area contributed by atoms with Gasteiger partial charge in [-0.25, -0.2) is 4.79 Å². The first-order valence-corrected chi connectivity index (χ1v) is 3.51. The average molecular weight is 169 g/mol. The lowest BCUT2D eigenvalue weighted by atomic mass is 10.1. The van der Waals surface area contributed by atoms with Crippen molar-refractivity contribution in [3.63, 3.8) is 0 Å². The number of ether oxygens (including phenoxy) is 1. The quantitative estimate of drug-likeness (QED) is 0.640. The standard InChI is InChI=1S/C9H11NO2/c1-12-9(11)8(10)7-5-3-2-4-6-7/h2-6,8H,10H2,1H3/p+1/t8-/m1/s1/i1D3. The molecule has 3 nitrogen and oxygen atoms in total. The Balaban J connectivity index is 2.70. The van der Waals surface area contributed by atoms with Crippen molar-refractivity contribution in [2.24, 2.45) is 0 Å². The third-order valence-corrected chi connectivity index (χ3v) is 1.59. The number of quaternary nitrogens is 1. The molecular formula is C9H12NO2+. The number of rotatable bonds is 2. The Labute approximate surface area is 75.4 Å². The van der Waals surface area contributed by atoms with Crippen molar-refractivity contribution in [2.75, 3.05) is 7.04 Å². The largest absolute Gasteiger partial charge is 0.464 e. The zero-order chi connectivity index (χ0) is 11.5.